The molecule has 1 heterocycles. The highest BCUT2D eigenvalue weighted by atomic mass is 19.4. The molecule has 4 atom stereocenters. The van der Waals surface area contributed by atoms with Crippen molar-refractivity contribution in [3.05, 3.63) is 29.3 Å². The van der Waals surface area contributed by atoms with Crippen LogP contribution in [0.1, 0.15) is 25.3 Å². The van der Waals surface area contributed by atoms with E-state index < -0.39 is 47.3 Å². The second kappa shape index (κ2) is 5.34. The third-order valence-corrected chi connectivity index (χ3v) is 4.29. The van der Waals surface area contributed by atoms with Crippen LogP contribution in [0.15, 0.2) is 12.1 Å². The molecule has 0 aliphatic carbocycles. The van der Waals surface area contributed by atoms with E-state index in [1.165, 1.54) is 6.92 Å². The minimum absolute atomic E-state index is 0.0747. The molecule has 1 N–H and O–H groups in total. The zero-order valence-corrected chi connectivity index (χ0v) is 12.0. The maximum Gasteiger partial charge on any atom is 0.417 e. The van der Waals surface area contributed by atoms with Crippen LogP contribution in [0.5, 0.6) is 5.75 Å². The van der Waals surface area contributed by atoms with Crippen LogP contribution in [-0.4, -0.2) is 30.3 Å². The summed E-state index contributed by atoms with van der Waals surface area (Å²) in [5.41, 5.74) is -2.68. The predicted molar refractivity (Wildman–Crippen MR) is 66.4 cm³/mol. The minimum Gasteiger partial charge on any atom is -0.493 e. The fourth-order valence-corrected chi connectivity index (χ4v) is 2.79. The third-order valence-electron chi connectivity index (χ3n) is 4.29. The van der Waals surface area contributed by atoms with Gasteiger partial charge in [-0.2, -0.15) is 17.6 Å². The van der Waals surface area contributed by atoms with Crippen LogP contribution >= 0.6 is 0 Å². The summed E-state index contributed by atoms with van der Waals surface area (Å²) in [6.45, 7) is 2.04. The van der Waals surface area contributed by atoms with Gasteiger partial charge in [0, 0.05) is 17.4 Å². The molecule has 0 saturated carbocycles. The number of hydrogen-bond acceptors (Lipinski definition) is 3. The summed E-state index contributed by atoms with van der Waals surface area (Å²) < 4.78 is 76.0. The number of alkyl halides is 3. The Kier molecular flexibility index (Phi) is 4.12. The van der Waals surface area contributed by atoms with Crippen LogP contribution in [0.3, 0.4) is 0 Å². The molecule has 0 amide bonds. The molecular weight excluding hydrogens is 311 g/mol. The molecule has 1 aromatic carbocycles. The Hall–Kier alpha value is -1.41. The Balaban J connectivity index is 2.53. The molecule has 0 radical (unpaired) electrons. The van der Waals surface area contributed by atoms with Crippen molar-refractivity contribution >= 4 is 0 Å². The summed E-state index contributed by atoms with van der Waals surface area (Å²) in [5, 5.41) is 9.90. The molecule has 0 unspecified atom stereocenters. The predicted octanol–water partition coefficient (Wildman–Crippen LogP) is 3.36. The van der Waals surface area contributed by atoms with Gasteiger partial charge in [0.15, 0.2) is 23.5 Å². The molecule has 1 aliphatic rings. The van der Waals surface area contributed by atoms with Gasteiger partial charge in [-0.1, -0.05) is 13.0 Å². The average molecular weight is 326 g/mol. The smallest absolute Gasteiger partial charge is 0.417 e. The lowest BCUT2D eigenvalue weighted by atomic mass is 9.79. The number of aliphatic hydroxyl groups is 1. The first-order valence-electron chi connectivity index (χ1n) is 6.49. The molecule has 2 rings (SSSR count). The summed E-state index contributed by atoms with van der Waals surface area (Å²) in [5.74, 6) is -5.50. The van der Waals surface area contributed by atoms with Crippen molar-refractivity contribution in [2.24, 2.45) is 5.92 Å². The molecule has 1 fully saturated rings. The van der Waals surface area contributed by atoms with Gasteiger partial charge in [0.05, 0.1) is 7.11 Å². The average Bonchev–Trinajstić information content (AvgIpc) is 2.64. The Bertz CT molecular complexity index is 574. The molecule has 0 bridgehead atoms. The number of ether oxygens (including phenoxy) is 2. The number of aliphatic hydroxyl groups excluding tert-OH is 1. The largest absolute Gasteiger partial charge is 0.493 e. The summed E-state index contributed by atoms with van der Waals surface area (Å²) in [7, 11) is 1.07. The van der Waals surface area contributed by atoms with Crippen molar-refractivity contribution in [1.29, 1.82) is 0 Å². The number of halogens is 5. The first-order chi connectivity index (χ1) is 10.0. The Labute approximate surface area is 123 Å². The summed E-state index contributed by atoms with van der Waals surface area (Å²) >= 11 is 0. The van der Waals surface area contributed by atoms with Crippen molar-refractivity contribution in [3.63, 3.8) is 0 Å². The molecule has 0 aromatic heterocycles. The van der Waals surface area contributed by atoms with Gasteiger partial charge in [-0.25, -0.2) is 4.39 Å². The van der Waals surface area contributed by atoms with Gasteiger partial charge in [-0.05, 0) is 13.0 Å². The van der Waals surface area contributed by atoms with Gasteiger partial charge in [-0.3, -0.25) is 0 Å². The van der Waals surface area contributed by atoms with E-state index in [4.69, 9.17) is 9.47 Å². The molecule has 8 heteroatoms. The Morgan fingerprint density at radius 2 is 1.86 bits per heavy atom. The Morgan fingerprint density at radius 3 is 2.32 bits per heavy atom. The van der Waals surface area contributed by atoms with Crippen molar-refractivity contribution in [3.8, 4) is 5.75 Å². The van der Waals surface area contributed by atoms with Gasteiger partial charge in [0.2, 0.25) is 5.82 Å². The van der Waals surface area contributed by atoms with E-state index in [0.29, 0.717) is 0 Å². The van der Waals surface area contributed by atoms with E-state index in [0.717, 1.165) is 26.2 Å². The molecule has 0 spiro atoms. The monoisotopic (exact) mass is 326 g/mol. The SMILES string of the molecule is COc1c([C@H]2[C@H](O)O[C@@](C)(C(F)(F)F)[C@H]2C)ccc(F)c1F. The third kappa shape index (κ3) is 2.34. The van der Waals surface area contributed by atoms with Crippen molar-refractivity contribution in [2.75, 3.05) is 7.11 Å². The molecule has 1 aromatic rings. The van der Waals surface area contributed by atoms with Gasteiger partial charge in [-0.15, -0.1) is 0 Å². The van der Waals surface area contributed by atoms with Gasteiger partial charge < -0.3 is 14.6 Å². The maximum absolute atomic E-state index is 13.8. The van der Waals surface area contributed by atoms with Crippen LogP contribution < -0.4 is 4.74 Å². The normalized spacial score (nSPS) is 32.3. The molecule has 1 saturated heterocycles. The highest BCUT2D eigenvalue weighted by molar-refractivity contribution is 5.40. The number of rotatable bonds is 2. The summed E-state index contributed by atoms with van der Waals surface area (Å²) in [6, 6.07) is 1.86. The molecule has 22 heavy (non-hydrogen) atoms. The van der Waals surface area contributed by atoms with Crippen molar-refractivity contribution in [1.82, 2.24) is 0 Å². The zero-order valence-electron chi connectivity index (χ0n) is 12.0. The first kappa shape index (κ1) is 17.0. The van der Waals surface area contributed by atoms with Gasteiger partial charge in [0.1, 0.15) is 0 Å². The van der Waals surface area contributed by atoms with Crippen molar-refractivity contribution in [2.45, 2.75) is 37.8 Å². The van der Waals surface area contributed by atoms with Gasteiger partial charge >= 0.3 is 6.18 Å². The number of benzene rings is 1. The highest BCUT2D eigenvalue weighted by Crippen LogP contribution is 2.54. The lowest BCUT2D eigenvalue weighted by Gasteiger charge is -2.31. The summed E-state index contributed by atoms with van der Waals surface area (Å²) in [4.78, 5) is 0. The fraction of sp³-hybridized carbons (Fsp3) is 0.571. The molecular formula is C14H15F5O3. The standard InChI is InChI=1S/C14H15F5O3/c1-6-9(12(20)22-13(6,2)14(17,18)19)7-4-5-8(15)10(16)11(7)21-3/h4-6,9,12,20H,1-3H3/t6-,9-,12+,13+/m0/s1. The highest BCUT2D eigenvalue weighted by Gasteiger charge is 2.64. The quantitative estimate of drug-likeness (QED) is 0.847. The Morgan fingerprint density at radius 1 is 1.27 bits per heavy atom. The van der Waals surface area contributed by atoms with E-state index in [9.17, 15) is 27.1 Å². The van der Waals surface area contributed by atoms with Crippen LogP contribution in [-0.2, 0) is 4.74 Å². The van der Waals surface area contributed by atoms with Gasteiger partial charge in [0.25, 0.3) is 0 Å². The first-order valence-corrected chi connectivity index (χ1v) is 6.49. The lowest BCUT2D eigenvalue weighted by molar-refractivity contribution is -0.291. The second-order valence-electron chi connectivity index (χ2n) is 5.41. The van der Waals surface area contributed by atoms with Crippen LogP contribution in [0.2, 0.25) is 0 Å². The van der Waals surface area contributed by atoms with Crippen LogP contribution in [0.4, 0.5) is 22.0 Å². The minimum atomic E-state index is -4.73. The van der Waals surface area contributed by atoms with Crippen molar-refractivity contribution < 1.29 is 36.5 Å². The van der Waals surface area contributed by atoms with E-state index in [1.807, 2.05) is 0 Å². The molecule has 124 valence electrons. The van der Waals surface area contributed by atoms with E-state index >= 15 is 0 Å². The summed E-state index contributed by atoms with van der Waals surface area (Å²) in [6.07, 6.45) is -6.55. The van der Waals surface area contributed by atoms with Crippen LogP contribution in [0.25, 0.3) is 0 Å². The fourth-order valence-electron chi connectivity index (χ4n) is 2.79. The molecule has 3 nitrogen and oxygen atoms in total. The number of methoxy groups -OCH3 is 1. The second-order valence-corrected chi connectivity index (χ2v) is 5.41. The maximum atomic E-state index is 13.8. The lowest BCUT2D eigenvalue weighted by Crippen LogP contribution is -2.46. The number of hydrogen-bond donors (Lipinski definition) is 1. The van der Waals surface area contributed by atoms with Crippen LogP contribution in [0, 0.1) is 17.6 Å². The van der Waals surface area contributed by atoms with E-state index in [1.54, 1.807) is 0 Å². The zero-order chi connectivity index (χ0) is 16.9. The van der Waals surface area contributed by atoms with E-state index in [2.05, 4.69) is 0 Å². The topological polar surface area (TPSA) is 38.7 Å². The molecule has 1 aliphatic heterocycles. The van der Waals surface area contributed by atoms with E-state index in [-0.39, 0.29) is 5.56 Å².